The van der Waals surface area contributed by atoms with E-state index in [0.717, 1.165) is 5.39 Å². The molecule has 98 valence electrons. The first-order valence-electron chi connectivity index (χ1n) is 5.86. The van der Waals surface area contributed by atoms with Crippen molar-refractivity contribution in [3.05, 3.63) is 30.3 Å². The number of carbonyl (C=O) groups excluding carboxylic acids is 1. The van der Waals surface area contributed by atoms with Crippen molar-refractivity contribution in [1.82, 2.24) is 4.57 Å². The molecule has 0 spiro atoms. The summed E-state index contributed by atoms with van der Waals surface area (Å²) in [7, 11) is 0.287. The Labute approximate surface area is 111 Å². The van der Waals surface area contributed by atoms with Crippen molar-refractivity contribution in [2.24, 2.45) is 0 Å². The second-order valence-corrected chi connectivity index (χ2v) is 5.07. The number of benzene rings is 1. The molecule has 0 fully saturated rings. The van der Waals surface area contributed by atoms with Gasteiger partial charge in [-0.2, -0.15) is 0 Å². The first-order valence-corrected chi connectivity index (χ1v) is 5.86. The SMILES string of the molecule is CC(C)(C)OC(=O)n1c(OB=O)cc2ccccc21. The molecule has 2 aromatic rings. The third-order valence-corrected chi connectivity index (χ3v) is 2.42. The molecule has 0 aliphatic heterocycles. The second kappa shape index (κ2) is 4.88. The van der Waals surface area contributed by atoms with E-state index in [9.17, 15) is 9.50 Å². The van der Waals surface area contributed by atoms with E-state index in [2.05, 4.69) is 0 Å². The van der Waals surface area contributed by atoms with Gasteiger partial charge in [0.15, 0.2) is 0 Å². The summed E-state index contributed by atoms with van der Waals surface area (Å²) in [6, 6.07) is 8.85. The predicted octanol–water partition coefficient (Wildman–Crippen LogP) is 2.77. The van der Waals surface area contributed by atoms with E-state index in [0.29, 0.717) is 5.52 Å². The molecule has 6 heteroatoms. The molecule has 1 aromatic heterocycles. The fourth-order valence-electron chi connectivity index (χ4n) is 1.76. The van der Waals surface area contributed by atoms with Gasteiger partial charge in [-0.05, 0) is 0 Å². The van der Waals surface area contributed by atoms with Crippen LogP contribution in [0.4, 0.5) is 4.79 Å². The Morgan fingerprint density at radius 2 is 1.95 bits per heavy atom. The predicted molar refractivity (Wildman–Crippen MR) is 70.6 cm³/mol. The van der Waals surface area contributed by atoms with Gasteiger partial charge in [0.25, 0.3) is 0 Å². The number of fused-ring (bicyclic) bond motifs is 1. The molecule has 0 atom stereocenters. The summed E-state index contributed by atoms with van der Waals surface area (Å²) in [5, 5.41) is 0.796. The van der Waals surface area contributed by atoms with Crippen LogP contribution in [0, 0.1) is 0 Å². The van der Waals surface area contributed by atoms with Crippen molar-refractivity contribution in [1.29, 1.82) is 0 Å². The van der Waals surface area contributed by atoms with E-state index < -0.39 is 11.7 Å². The number of aromatic nitrogens is 1. The van der Waals surface area contributed by atoms with Crippen LogP contribution in [0.5, 0.6) is 5.88 Å². The van der Waals surface area contributed by atoms with Crippen LogP contribution < -0.4 is 4.65 Å². The second-order valence-electron chi connectivity index (χ2n) is 5.07. The fraction of sp³-hybridized carbons (Fsp3) is 0.308. The molecular weight excluding hydrogens is 245 g/mol. The summed E-state index contributed by atoms with van der Waals surface area (Å²) in [6.45, 7) is 5.32. The van der Waals surface area contributed by atoms with E-state index >= 15 is 0 Å². The van der Waals surface area contributed by atoms with Crippen molar-refractivity contribution in [3.63, 3.8) is 0 Å². The summed E-state index contributed by atoms with van der Waals surface area (Å²) in [5.41, 5.74) is 0.00886. The quantitative estimate of drug-likeness (QED) is 0.778. The maximum absolute atomic E-state index is 12.2. The summed E-state index contributed by atoms with van der Waals surface area (Å²) in [6.07, 6.45) is -0.578. The normalized spacial score (nSPS) is 11.1. The van der Waals surface area contributed by atoms with Gasteiger partial charge in [0.05, 0.1) is 0 Å². The third kappa shape index (κ3) is 2.84. The van der Waals surface area contributed by atoms with Gasteiger partial charge in [-0.25, -0.2) is 0 Å². The van der Waals surface area contributed by atoms with Crippen LogP contribution in [0.25, 0.3) is 10.9 Å². The maximum atomic E-state index is 12.2. The zero-order valence-electron chi connectivity index (χ0n) is 11.0. The van der Waals surface area contributed by atoms with Gasteiger partial charge in [-0.3, -0.25) is 0 Å². The Morgan fingerprint density at radius 3 is 2.58 bits per heavy atom. The molecule has 19 heavy (non-hydrogen) atoms. The summed E-state index contributed by atoms with van der Waals surface area (Å²) >= 11 is 0. The Bertz CT molecular complexity index is 627. The first kappa shape index (κ1) is 13.3. The van der Waals surface area contributed by atoms with Gasteiger partial charge in [-0.15, -0.1) is 0 Å². The Kier molecular flexibility index (Phi) is 3.42. The number of nitrogens with zero attached hydrogens (tertiary/aromatic N) is 1. The molecule has 0 aliphatic carbocycles. The van der Waals surface area contributed by atoms with Crippen LogP contribution in [-0.4, -0.2) is 23.6 Å². The van der Waals surface area contributed by atoms with Gasteiger partial charge in [-0.1, -0.05) is 0 Å². The molecule has 2 rings (SSSR count). The zero-order chi connectivity index (χ0) is 14.0. The molecule has 0 aliphatic rings. The standard InChI is InChI=1S/C13H14BNO4/c1-13(2,3)18-12(16)15-10-7-5-4-6-9(10)8-11(15)19-14-17/h4-8H,1-3H3. The van der Waals surface area contributed by atoms with Crippen molar-refractivity contribution < 1.29 is 18.9 Å². The number of ether oxygens (including phenoxy) is 1. The van der Waals surface area contributed by atoms with Gasteiger partial charge >= 0.3 is 110 Å². The number of hydrogen-bond donors (Lipinski definition) is 0. The summed E-state index contributed by atoms with van der Waals surface area (Å²) < 4.78 is 21.9. The minimum atomic E-state index is -0.624. The topological polar surface area (TPSA) is 57.5 Å². The first-order chi connectivity index (χ1) is 8.92. The van der Waals surface area contributed by atoms with Gasteiger partial charge in [0, 0.05) is 0 Å². The monoisotopic (exact) mass is 259 g/mol. The van der Waals surface area contributed by atoms with Gasteiger partial charge in [0.2, 0.25) is 0 Å². The molecule has 0 N–H and O–H groups in total. The van der Waals surface area contributed by atoms with Crippen molar-refractivity contribution in [2.45, 2.75) is 26.4 Å². The molecular formula is C13H14BNO4. The van der Waals surface area contributed by atoms with E-state index in [4.69, 9.17) is 9.39 Å². The molecule has 1 heterocycles. The van der Waals surface area contributed by atoms with Crippen LogP contribution in [0.3, 0.4) is 0 Å². The van der Waals surface area contributed by atoms with Gasteiger partial charge in [0.1, 0.15) is 0 Å². The van der Waals surface area contributed by atoms with E-state index in [1.165, 1.54) is 4.57 Å². The molecule has 0 saturated heterocycles. The zero-order valence-corrected chi connectivity index (χ0v) is 11.0. The van der Waals surface area contributed by atoms with Crippen molar-refractivity contribution in [3.8, 4) is 5.88 Å². The van der Waals surface area contributed by atoms with Crippen molar-refractivity contribution >= 4 is 24.3 Å². The Morgan fingerprint density at radius 1 is 1.26 bits per heavy atom. The molecule has 5 nitrogen and oxygen atoms in total. The fourth-order valence-corrected chi connectivity index (χ4v) is 1.76. The molecule has 0 unspecified atom stereocenters. The van der Waals surface area contributed by atoms with Crippen LogP contribution >= 0.6 is 0 Å². The Balaban J connectivity index is 2.52. The molecule has 0 saturated carbocycles. The van der Waals surface area contributed by atoms with Crippen LogP contribution in [-0.2, 0) is 9.44 Å². The van der Waals surface area contributed by atoms with Crippen molar-refractivity contribution in [2.75, 3.05) is 0 Å². The van der Waals surface area contributed by atoms with Gasteiger partial charge < -0.3 is 0 Å². The number of carbonyl (C=O) groups is 1. The summed E-state index contributed by atoms with van der Waals surface area (Å²) in [4.78, 5) is 12.2. The third-order valence-electron chi connectivity index (χ3n) is 2.42. The van der Waals surface area contributed by atoms with Crippen LogP contribution in [0.1, 0.15) is 20.8 Å². The molecule has 0 radical (unpaired) electrons. The Hall–Kier alpha value is -2.11. The average Bonchev–Trinajstić information content (AvgIpc) is 2.65. The molecule has 1 aromatic carbocycles. The van der Waals surface area contributed by atoms with E-state index in [-0.39, 0.29) is 13.2 Å². The van der Waals surface area contributed by atoms with Crippen LogP contribution in [0.15, 0.2) is 30.3 Å². The summed E-state index contributed by atoms with van der Waals surface area (Å²) in [5.74, 6) is 0.144. The number of para-hydroxylation sites is 1. The molecule has 0 bridgehead atoms. The molecule has 0 amide bonds. The van der Waals surface area contributed by atoms with Crippen LogP contribution in [0.2, 0.25) is 0 Å². The van der Waals surface area contributed by atoms with E-state index in [1.54, 1.807) is 39.0 Å². The number of rotatable bonds is 2. The minimum absolute atomic E-state index is 0.144. The van der Waals surface area contributed by atoms with E-state index in [1.807, 2.05) is 12.1 Å². The average molecular weight is 259 g/mol. The number of hydrogen-bond acceptors (Lipinski definition) is 4.